The van der Waals surface area contributed by atoms with E-state index < -0.39 is 0 Å². The van der Waals surface area contributed by atoms with Crippen LogP contribution in [0.2, 0.25) is 0 Å². The summed E-state index contributed by atoms with van der Waals surface area (Å²) < 4.78 is 16.2. The molecule has 1 unspecified atom stereocenters. The van der Waals surface area contributed by atoms with Crippen molar-refractivity contribution >= 4 is 11.7 Å². The molecule has 24 heavy (non-hydrogen) atoms. The molecule has 2 aromatic rings. The maximum absolute atomic E-state index is 12.7. The first-order valence-corrected chi connectivity index (χ1v) is 8.11. The van der Waals surface area contributed by atoms with Gasteiger partial charge in [0.15, 0.2) is 11.5 Å². The van der Waals surface area contributed by atoms with Gasteiger partial charge in [-0.1, -0.05) is 5.16 Å². The third kappa shape index (κ3) is 2.77. The van der Waals surface area contributed by atoms with Gasteiger partial charge in [0.25, 0.3) is 0 Å². The van der Waals surface area contributed by atoms with E-state index in [0.717, 1.165) is 24.3 Å². The van der Waals surface area contributed by atoms with Gasteiger partial charge in [-0.3, -0.25) is 0 Å². The number of fused-ring (bicyclic) bond motifs is 1. The average molecular weight is 329 g/mol. The van der Waals surface area contributed by atoms with Crippen LogP contribution in [0.15, 0.2) is 28.8 Å². The Morgan fingerprint density at radius 3 is 2.88 bits per heavy atom. The van der Waals surface area contributed by atoms with Crippen LogP contribution in [0.3, 0.4) is 0 Å². The Hall–Kier alpha value is -2.70. The SMILES string of the molecule is Cc1cc(C2CCCN2C(=O)Nc2ccc3c(c2)OCCO3)no1. The molecule has 1 saturated heterocycles. The first-order chi connectivity index (χ1) is 11.7. The number of likely N-dealkylation sites (tertiary alicyclic amines) is 1. The molecule has 0 bridgehead atoms. The van der Waals surface area contributed by atoms with Gasteiger partial charge >= 0.3 is 6.03 Å². The number of rotatable bonds is 2. The summed E-state index contributed by atoms with van der Waals surface area (Å²) in [5, 5.41) is 7.00. The van der Waals surface area contributed by atoms with Gasteiger partial charge in [-0.15, -0.1) is 0 Å². The molecule has 1 atom stereocenters. The summed E-state index contributed by atoms with van der Waals surface area (Å²) in [4.78, 5) is 14.5. The molecule has 126 valence electrons. The van der Waals surface area contributed by atoms with Crippen molar-refractivity contribution in [2.24, 2.45) is 0 Å². The number of aryl methyl sites for hydroxylation is 1. The number of carbonyl (C=O) groups excluding carboxylic acids is 1. The average Bonchev–Trinajstić information content (AvgIpc) is 3.23. The second-order valence-electron chi connectivity index (χ2n) is 6.00. The third-order valence-electron chi connectivity index (χ3n) is 4.29. The molecule has 0 aliphatic carbocycles. The van der Waals surface area contributed by atoms with Gasteiger partial charge in [0.05, 0.1) is 6.04 Å². The number of hydrogen-bond donors (Lipinski definition) is 1. The van der Waals surface area contributed by atoms with Crippen LogP contribution in [0.25, 0.3) is 0 Å². The van der Waals surface area contributed by atoms with Gasteiger partial charge in [-0.05, 0) is 31.9 Å². The number of anilines is 1. The number of carbonyl (C=O) groups is 1. The van der Waals surface area contributed by atoms with Crippen molar-refractivity contribution in [3.63, 3.8) is 0 Å². The Labute approximate surface area is 139 Å². The molecule has 2 amide bonds. The predicted octanol–water partition coefficient (Wildman–Crippen LogP) is 3.12. The largest absolute Gasteiger partial charge is 0.486 e. The van der Waals surface area contributed by atoms with Crippen LogP contribution in [-0.4, -0.2) is 35.8 Å². The van der Waals surface area contributed by atoms with Crippen molar-refractivity contribution in [1.82, 2.24) is 10.1 Å². The van der Waals surface area contributed by atoms with Crippen molar-refractivity contribution in [2.75, 3.05) is 25.1 Å². The zero-order chi connectivity index (χ0) is 16.5. The zero-order valence-electron chi connectivity index (χ0n) is 13.4. The third-order valence-corrected chi connectivity index (χ3v) is 4.29. The van der Waals surface area contributed by atoms with E-state index in [-0.39, 0.29) is 12.1 Å². The van der Waals surface area contributed by atoms with Gasteiger partial charge in [-0.2, -0.15) is 0 Å². The summed E-state index contributed by atoms with van der Waals surface area (Å²) in [6.07, 6.45) is 1.84. The van der Waals surface area contributed by atoms with Gasteiger partial charge in [0.1, 0.15) is 24.7 Å². The number of amides is 2. The maximum Gasteiger partial charge on any atom is 0.322 e. The number of ether oxygens (including phenoxy) is 2. The van der Waals surface area contributed by atoms with Gasteiger partial charge in [0.2, 0.25) is 0 Å². The van der Waals surface area contributed by atoms with E-state index in [1.54, 1.807) is 11.0 Å². The highest BCUT2D eigenvalue weighted by Gasteiger charge is 2.32. The Balaban J connectivity index is 1.49. The minimum absolute atomic E-state index is 0.0420. The predicted molar refractivity (Wildman–Crippen MR) is 86.4 cm³/mol. The van der Waals surface area contributed by atoms with E-state index in [9.17, 15) is 4.79 Å². The normalized spacial score (nSPS) is 19.4. The monoisotopic (exact) mass is 329 g/mol. The first kappa shape index (κ1) is 14.9. The fraction of sp³-hybridized carbons (Fsp3) is 0.412. The fourth-order valence-electron chi connectivity index (χ4n) is 3.18. The van der Waals surface area contributed by atoms with E-state index in [1.807, 2.05) is 25.1 Å². The smallest absolute Gasteiger partial charge is 0.322 e. The van der Waals surface area contributed by atoms with Crippen LogP contribution >= 0.6 is 0 Å². The molecule has 4 rings (SSSR count). The Kier molecular flexibility index (Phi) is 3.76. The highest BCUT2D eigenvalue weighted by atomic mass is 16.6. The van der Waals surface area contributed by atoms with Crippen molar-refractivity contribution in [3.8, 4) is 11.5 Å². The topological polar surface area (TPSA) is 76.8 Å². The molecular weight excluding hydrogens is 310 g/mol. The molecule has 0 radical (unpaired) electrons. The second-order valence-corrected chi connectivity index (χ2v) is 6.00. The summed E-state index contributed by atoms with van der Waals surface area (Å²) in [6, 6.07) is 7.12. The molecule has 2 aliphatic heterocycles. The molecular formula is C17H19N3O4. The van der Waals surface area contributed by atoms with Crippen LogP contribution in [0.4, 0.5) is 10.5 Å². The van der Waals surface area contributed by atoms with Gasteiger partial charge < -0.3 is 24.2 Å². The minimum Gasteiger partial charge on any atom is -0.486 e. The molecule has 1 aromatic carbocycles. The fourth-order valence-corrected chi connectivity index (χ4v) is 3.18. The zero-order valence-corrected chi connectivity index (χ0v) is 13.4. The number of urea groups is 1. The maximum atomic E-state index is 12.7. The van der Waals surface area contributed by atoms with E-state index in [0.29, 0.717) is 36.9 Å². The number of nitrogens with one attached hydrogen (secondary N) is 1. The van der Waals surface area contributed by atoms with Crippen molar-refractivity contribution in [3.05, 3.63) is 35.7 Å². The van der Waals surface area contributed by atoms with Crippen LogP contribution < -0.4 is 14.8 Å². The van der Waals surface area contributed by atoms with E-state index in [4.69, 9.17) is 14.0 Å². The van der Waals surface area contributed by atoms with Gasteiger partial charge in [0, 0.05) is 24.4 Å². The number of benzene rings is 1. The van der Waals surface area contributed by atoms with E-state index in [2.05, 4.69) is 10.5 Å². The highest BCUT2D eigenvalue weighted by Crippen LogP contribution is 2.34. The van der Waals surface area contributed by atoms with Gasteiger partial charge in [-0.25, -0.2) is 4.79 Å². The summed E-state index contributed by atoms with van der Waals surface area (Å²) in [7, 11) is 0. The molecule has 0 saturated carbocycles. The summed E-state index contributed by atoms with van der Waals surface area (Å²) in [5.74, 6) is 2.12. The summed E-state index contributed by atoms with van der Waals surface area (Å²) in [5.41, 5.74) is 1.49. The lowest BCUT2D eigenvalue weighted by Crippen LogP contribution is -2.34. The summed E-state index contributed by atoms with van der Waals surface area (Å²) in [6.45, 7) is 3.62. The molecule has 0 spiro atoms. The first-order valence-electron chi connectivity index (χ1n) is 8.11. The number of nitrogens with zero attached hydrogens (tertiary/aromatic N) is 2. The minimum atomic E-state index is -0.144. The highest BCUT2D eigenvalue weighted by molar-refractivity contribution is 5.90. The quantitative estimate of drug-likeness (QED) is 0.916. The molecule has 7 nitrogen and oxygen atoms in total. The lowest BCUT2D eigenvalue weighted by atomic mass is 10.1. The Bertz CT molecular complexity index is 758. The number of aromatic nitrogens is 1. The second kappa shape index (κ2) is 6.07. The molecule has 3 heterocycles. The summed E-state index contributed by atoms with van der Waals surface area (Å²) >= 11 is 0. The van der Waals surface area contributed by atoms with Crippen molar-refractivity contribution < 1.29 is 18.8 Å². The lowest BCUT2D eigenvalue weighted by molar-refractivity contribution is 0.171. The van der Waals surface area contributed by atoms with E-state index >= 15 is 0 Å². The molecule has 1 fully saturated rings. The van der Waals surface area contributed by atoms with Crippen LogP contribution in [0, 0.1) is 6.92 Å². The molecule has 1 aromatic heterocycles. The van der Waals surface area contributed by atoms with Crippen molar-refractivity contribution in [1.29, 1.82) is 0 Å². The molecule has 1 N–H and O–H groups in total. The van der Waals surface area contributed by atoms with Crippen LogP contribution in [0.5, 0.6) is 11.5 Å². The number of hydrogen-bond acceptors (Lipinski definition) is 5. The van der Waals surface area contributed by atoms with Crippen LogP contribution in [-0.2, 0) is 0 Å². The Morgan fingerprint density at radius 2 is 2.08 bits per heavy atom. The lowest BCUT2D eigenvalue weighted by Gasteiger charge is -2.24. The molecule has 2 aliphatic rings. The standard InChI is InChI=1S/C17H19N3O4/c1-11-9-13(19-24-11)14-3-2-6-20(14)17(21)18-12-4-5-15-16(10-12)23-8-7-22-15/h4-5,9-10,14H,2-3,6-8H2,1H3,(H,18,21). The van der Waals surface area contributed by atoms with Crippen LogP contribution in [0.1, 0.15) is 30.3 Å². The molecule has 7 heteroatoms. The Morgan fingerprint density at radius 1 is 1.25 bits per heavy atom. The van der Waals surface area contributed by atoms with Crippen molar-refractivity contribution in [2.45, 2.75) is 25.8 Å². The van der Waals surface area contributed by atoms with E-state index in [1.165, 1.54) is 0 Å².